The van der Waals surface area contributed by atoms with Crippen molar-refractivity contribution in [3.8, 4) is 5.88 Å². The maximum Gasteiger partial charge on any atom is 0.335 e. The largest absolute Gasteiger partial charge is 0.494 e. The van der Waals surface area contributed by atoms with Crippen molar-refractivity contribution in [2.24, 2.45) is 4.99 Å². The van der Waals surface area contributed by atoms with Gasteiger partial charge in [-0.05, 0) is 61.6 Å². The van der Waals surface area contributed by atoms with E-state index in [4.69, 9.17) is 4.99 Å². The van der Waals surface area contributed by atoms with E-state index in [2.05, 4.69) is 27.1 Å². The van der Waals surface area contributed by atoms with E-state index < -0.39 is 5.97 Å². The molecule has 0 atom stereocenters. The zero-order valence-corrected chi connectivity index (χ0v) is 24.3. The number of piperazine rings is 1. The molecule has 0 spiro atoms. The maximum atomic E-state index is 13.0. The Morgan fingerprint density at radius 3 is 2.23 bits per heavy atom. The summed E-state index contributed by atoms with van der Waals surface area (Å²) in [6.07, 6.45) is 0. The summed E-state index contributed by atoms with van der Waals surface area (Å²) >= 11 is 0. The lowest BCUT2D eigenvalue weighted by Crippen LogP contribution is -2.48. The van der Waals surface area contributed by atoms with Crippen LogP contribution in [0, 0.1) is 0 Å². The highest BCUT2D eigenvalue weighted by molar-refractivity contribution is 6.22. The molecule has 4 aromatic rings. The third-order valence-electron chi connectivity index (χ3n) is 7.55. The minimum atomic E-state index is -1.09. The van der Waals surface area contributed by atoms with Crippen LogP contribution in [-0.4, -0.2) is 95.3 Å². The lowest BCUT2D eigenvalue weighted by molar-refractivity contribution is -0.119. The first-order valence-electron chi connectivity index (χ1n) is 13.9. The molecule has 43 heavy (non-hydrogen) atoms. The summed E-state index contributed by atoms with van der Waals surface area (Å²) < 4.78 is 0. The van der Waals surface area contributed by atoms with Crippen molar-refractivity contribution < 1.29 is 24.6 Å². The quantitative estimate of drug-likeness (QED) is 0.231. The van der Waals surface area contributed by atoms with Gasteiger partial charge in [0, 0.05) is 68.0 Å². The molecule has 11 nitrogen and oxygen atoms in total. The van der Waals surface area contributed by atoms with Gasteiger partial charge in [0.05, 0.1) is 29.1 Å². The zero-order valence-electron chi connectivity index (χ0n) is 24.3. The number of aromatic amines is 1. The molecule has 1 saturated heterocycles. The number of aliphatic imine (C=N–C) groups is 1. The smallest absolute Gasteiger partial charge is 0.335 e. The van der Waals surface area contributed by atoms with Gasteiger partial charge in [-0.15, -0.1) is 0 Å². The normalized spacial score (nSPS) is 14.5. The number of amides is 2. The number of carboxylic acids is 1. The molecule has 0 saturated carbocycles. The van der Waals surface area contributed by atoms with Gasteiger partial charge in [-0.1, -0.05) is 12.1 Å². The Morgan fingerprint density at radius 2 is 1.60 bits per heavy atom. The van der Waals surface area contributed by atoms with Crippen LogP contribution in [0.5, 0.6) is 5.88 Å². The topological polar surface area (TPSA) is 142 Å². The summed E-state index contributed by atoms with van der Waals surface area (Å²) in [4.78, 5) is 50.0. The molecule has 5 rings (SSSR count). The van der Waals surface area contributed by atoms with Crippen LogP contribution in [0.2, 0.25) is 0 Å². The standard InChI is InChI=1S/C32H34N6O5/c1-20(39)33-23-7-4-21(5-8-23)30(29-26-18-22(32(42)43)6-13-27(26)35-31(29)41)34-24-9-11-25(12-10-24)37(3)28(40)19-38-16-14-36(2)15-17-38/h4-13,18,35,41H,14-17,19H2,1-3H3,(H,33,39)(H,42,43). The molecule has 3 aromatic carbocycles. The van der Waals surface area contributed by atoms with Crippen molar-refractivity contribution in [1.82, 2.24) is 14.8 Å². The molecule has 1 fully saturated rings. The van der Waals surface area contributed by atoms with Crippen LogP contribution in [0.1, 0.15) is 28.4 Å². The lowest BCUT2D eigenvalue weighted by Gasteiger charge is -2.32. The van der Waals surface area contributed by atoms with Crippen molar-refractivity contribution in [1.29, 1.82) is 0 Å². The highest BCUT2D eigenvalue weighted by Gasteiger charge is 2.22. The molecule has 0 radical (unpaired) electrons. The molecule has 11 heteroatoms. The minimum absolute atomic E-state index is 0.00120. The predicted molar refractivity (Wildman–Crippen MR) is 167 cm³/mol. The van der Waals surface area contributed by atoms with Gasteiger partial charge in [0.1, 0.15) is 0 Å². The highest BCUT2D eigenvalue weighted by atomic mass is 16.4. The molecule has 0 aliphatic carbocycles. The fourth-order valence-corrected chi connectivity index (χ4v) is 5.06. The second-order valence-electron chi connectivity index (χ2n) is 10.7. The molecule has 2 amide bonds. The number of nitrogens with one attached hydrogen (secondary N) is 2. The average Bonchev–Trinajstić information content (AvgIpc) is 3.31. The van der Waals surface area contributed by atoms with Crippen LogP contribution in [-0.2, 0) is 9.59 Å². The fraction of sp³-hybridized carbons (Fsp3) is 0.250. The van der Waals surface area contributed by atoms with E-state index in [9.17, 15) is 24.6 Å². The molecule has 0 unspecified atom stereocenters. The van der Waals surface area contributed by atoms with Gasteiger partial charge in [0.15, 0.2) is 5.88 Å². The van der Waals surface area contributed by atoms with E-state index in [1.54, 1.807) is 54.4 Å². The van der Waals surface area contributed by atoms with Crippen LogP contribution < -0.4 is 10.2 Å². The highest BCUT2D eigenvalue weighted by Crippen LogP contribution is 2.33. The monoisotopic (exact) mass is 582 g/mol. The van der Waals surface area contributed by atoms with Gasteiger partial charge in [-0.2, -0.15) is 0 Å². The summed E-state index contributed by atoms with van der Waals surface area (Å²) in [5.74, 6) is -1.45. The molecule has 1 aromatic heterocycles. The molecule has 2 heterocycles. The molecule has 222 valence electrons. The first-order valence-corrected chi connectivity index (χ1v) is 13.9. The van der Waals surface area contributed by atoms with E-state index in [0.717, 1.165) is 31.9 Å². The Bertz CT molecular complexity index is 1690. The van der Waals surface area contributed by atoms with Crippen molar-refractivity contribution >= 4 is 51.5 Å². The number of hydrogen-bond acceptors (Lipinski definition) is 7. The number of H-pyrrole nitrogens is 1. The van der Waals surface area contributed by atoms with E-state index >= 15 is 0 Å². The van der Waals surface area contributed by atoms with Crippen LogP contribution >= 0.6 is 0 Å². The number of carbonyl (C=O) groups excluding carboxylic acids is 2. The summed E-state index contributed by atoms with van der Waals surface area (Å²) in [6, 6.07) is 18.7. The SMILES string of the molecule is CC(=O)Nc1ccc(C(=Nc2ccc(N(C)C(=O)CN3CCN(C)CC3)cc2)c2c(O)[nH]c3ccc(C(=O)O)cc23)cc1. The van der Waals surface area contributed by atoms with E-state index in [0.29, 0.717) is 45.7 Å². The lowest BCUT2D eigenvalue weighted by atomic mass is 9.99. The van der Waals surface area contributed by atoms with E-state index in [1.807, 2.05) is 12.1 Å². The van der Waals surface area contributed by atoms with Gasteiger partial charge in [0.2, 0.25) is 11.8 Å². The number of fused-ring (bicyclic) bond motifs is 1. The third kappa shape index (κ3) is 6.74. The van der Waals surface area contributed by atoms with Gasteiger partial charge in [-0.3, -0.25) is 14.5 Å². The Balaban J connectivity index is 1.49. The number of aromatic nitrogens is 1. The van der Waals surface area contributed by atoms with Crippen molar-refractivity contribution in [3.05, 3.63) is 83.4 Å². The van der Waals surface area contributed by atoms with Gasteiger partial charge < -0.3 is 30.3 Å². The fourth-order valence-electron chi connectivity index (χ4n) is 5.06. The van der Waals surface area contributed by atoms with Gasteiger partial charge in [0.25, 0.3) is 0 Å². The van der Waals surface area contributed by atoms with Crippen LogP contribution in [0.15, 0.2) is 71.7 Å². The summed E-state index contributed by atoms with van der Waals surface area (Å²) in [7, 11) is 3.83. The number of likely N-dealkylation sites (N-methyl/N-ethyl adjacent to an activating group) is 2. The number of anilines is 2. The van der Waals surface area contributed by atoms with Crippen molar-refractivity contribution in [2.75, 3.05) is 57.0 Å². The van der Waals surface area contributed by atoms with Crippen LogP contribution in [0.4, 0.5) is 17.1 Å². The number of aromatic carboxylic acids is 1. The third-order valence-corrected chi connectivity index (χ3v) is 7.55. The number of rotatable bonds is 8. The molecular weight excluding hydrogens is 548 g/mol. The van der Waals surface area contributed by atoms with Crippen LogP contribution in [0.3, 0.4) is 0 Å². The predicted octanol–water partition coefficient (Wildman–Crippen LogP) is 3.91. The molecule has 1 aliphatic heterocycles. The zero-order chi connectivity index (χ0) is 30.7. The summed E-state index contributed by atoms with van der Waals surface area (Å²) in [6.45, 7) is 5.35. The number of nitrogens with zero attached hydrogens (tertiary/aromatic N) is 4. The number of carbonyl (C=O) groups is 3. The minimum Gasteiger partial charge on any atom is -0.494 e. The van der Waals surface area contributed by atoms with E-state index in [1.165, 1.54) is 19.1 Å². The van der Waals surface area contributed by atoms with E-state index in [-0.39, 0.29) is 23.3 Å². The molecular formula is C32H34N6O5. The van der Waals surface area contributed by atoms with Gasteiger partial charge in [-0.25, -0.2) is 9.79 Å². The molecule has 4 N–H and O–H groups in total. The van der Waals surface area contributed by atoms with Crippen molar-refractivity contribution in [3.63, 3.8) is 0 Å². The Kier molecular flexibility index (Phi) is 8.56. The van der Waals surface area contributed by atoms with Crippen LogP contribution in [0.25, 0.3) is 10.9 Å². The second-order valence-corrected chi connectivity index (χ2v) is 10.7. The first-order chi connectivity index (χ1) is 20.6. The number of carboxylic acid groups (broad SMARTS) is 1. The van der Waals surface area contributed by atoms with Gasteiger partial charge >= 0.3 is 5.97 Å². The number of hydrogen-bond donors (Lipinski definition) is 4. The summed E-state index contributed by atoms with van der Waals surface area (Å²) in [5, 5.41) is 23.8. The maximum absolute atomic E-state index is 13.0. The Hall–Kier alpha value is -5.00. The summed E-state index contributed by atoms with van der Waals surface area (Å²) in [5.41, 5.74) is 3.88. The number of benzene rings is 3. The molecule has 1 aliphatic rings. The average molecular weight is 583 g/mol. The number of aromatic hydroxyl groups is 1. The van der Waals surface area contributed by atoms with Crippen molar-refractivity contribution in [2.45, 2.75) is 6.92 Å². The molecule has 0 bridgehead atoms. The first kappa shape index (κ1) is 29.5. The Morgan fingerprint density at radius 1 is 0.953 bits per heavy atom. The second kappa shape index (κ2) is 12.5. The Labute approximate surface area is 249 Å².